The van der Waals surface area contributed by atoms with Crippen molar-refractivity contribution in [2.45, 2.75) is 0 Å². The van der Waals surface area contributed by atoms with Crippen LogP contribution in [0.4, 0.5) is 0 Å². The molecule has 0 fully saturated rings. The maximum absolute atomic E-state index is 0. The molecule has 8 nitrogen and oxygen atoms in total. The second kappa shape index (κ2) is 356. The van der Waals surface area contributed by atoms with Crippen LogP contribution in [0, 0.1) is 0 Å². The third-order valence-electron chi connectivity index (χ3n) is 0. The SMILES string of the molecule is O.O.O.O.O.O.O.O.[AlH3].[H-].[H-].[Mg+2].[Ti].[Ti]. The Morgan fingerprint density at radius 2 is 0.417 bits per heavy atom. The molecule has 0 aliphatic rings. The summed E-state index contributed by atoms with van der Waals surface area (Å²) in [5.41, 5.74) is 0. The van der Waals surface area contributed by atoms with Crippen molar-refractivity contribution in [3.63, 3.8) is 0 Å². The minimum Gasteiger partial charge on any atom is -1.00 e. The molecule has 0 saturated heterocycles. The topological polar surface area (TPSA) is 252 Å². The van der Waals surface area contributed by atoms with E-state index in [1.54, 1.807) is 0 Å². The predicted molar refractivity (Wildman–Crippen MR) is 46.8 cm³/mol. The fourth-order valence-electron chi connectivity index (χ4n) is 0. The van der Waals surface area contributed by atoms with Crippen molar-refractivity contribution in [1.82, 2.24) is 0 Å². The molecule has 12 heavy (non-hydrogen) atoms. The summed E-state index contributed by atoms with van der Waals surface area (Å²) < 4.78 is 0. The van der Waals surface area contributed by atoms with Gasteiger partial charge in [-0.05, 0) is 0 Å². The van der Waals surface area contributed by atoms with Crippen LogP contribution in [0.2, 0.25) is 0 Å². The van der Waals surface area contributed by atoms with Crippen LogP contribution in [0.1, 0.15) is 2.85 Å². The van der Waals surface area contributed by atoms with Crippen LogP contribution in [0.5, 0.6) is 0 Å². The van der Waals surface area contributed by atoms with Crippen molar-refractivity contribution < 1.29 is 90.1 Å². The number of hydrogen-bond acceptors (Lipinski definition) is 0. The molecule has 0 saturated carbocycles. The quantitative estimate of drug-likeness (QED) is 0.377. The number of rotatable bonds is 0. The second-order valence-electron chi connectivity index (χ2n) is 0. The second-order valence-corrected chi connectivity index (χ2v) is 0. The molecule has 0 rings (SSSR count). The predicted octanol–water partition coefficient (Wildman–Crippen LogP) is -7.94. The normalized spacial score (nSPS) is 0. The van der Waals surface area contributed by atoms with Gasteiger partial charge in [0.15, 0.2) is 17.4 Å². The molecule has 0 heterocycles. The molecule has 82 valence electrons. The van der Waals surface area contributed by atoms with E-state index in [1.165, 1.54) is 0 Å². The van der Waals surface area contributed by atoms with Crippen molar-refractivity contribution in [3.05, 3.63) is 0 Å². The van der Waals surface area contributed by atoms with Gasteiger partial charge in [-0.1, -0.05) is 0 Å². The minimum absolute atomic E-state index is 0. The van der Waals surface area contributed by atoms with Crippen LogP contribution >= 0.6 is 0 Å². The van der Waals surface area contributed by atoms with E-state index in [0.29, 0.717) is 0 Å². The molecular formula is H21AlMgO8Ti2. The average Bonchev–Trinajstić information content (AvgIpc) is 0. The zero-order valence-corrected chi connectivity index (χ0v) is 10.2. The Bertz CT molecular complexity index is 25.3. The molecule has 16 N–H and O–H groups in total. The monoisotopic (exact) mass is 296 g/mol. The Morgan fingerprint density at radius 3 is 0.417 bits per heavy atom. The van der Waals surface area contributed by atoms with Crippen LogP contribution in [0.25, 0.3) is 0 Å². The molecule has 0 amide bonds. The average molecular weight is 296 g/mol. The van der Waals surface area contributed by atoms with E-state index in [-0.39, 0.29) is 131 Å². The fourth-order valence-corrected chi connectivity index (χ4v) is 0. The van der Waals surface area contributed by atoms with Gasteiger partial charge in [-0.3, -0.25) is 0 Å². The van der Waals surface area contributed by atoms with Crippen molar-refractivity contribution >= 4 is 40.4 Å². The van der Waals surface area contributed by atoms with E-state index in [0.717, 1.165) is 0 Å². The summed E-state index contributed by atoms with van der Waals surface area (Å²) in [6.07, 6.45) is 0. The summed E-state index contributed by atoms with van der Waals surface area (Å²) in [4.78, 5) is 0. The van der Waals surface area contributed by atoms with Gasteiger partial charge in [-0.25, -0.2) is 0 Å². The summed E-state index contributed by atoms with van der Waals surface area (Å²) in [5, 5.41) is 0. The molecular weight excluding hydrogens is 275 g/mol. The van der Waals surface area contributed by atoms with Crippen molar-refractivity contribution in [2.75, 3.05) is 0 Å². The van der Waals surface area contributed by atoms with E-state index in [2.05, 4.69) is 0 Å². The molecule has 0 aromatic rings. The van der Waals surface area contributed by atoms with Crippen LogP contribution in [0.15, 0.2) is 0 Å². The minimum atomic E-state index is 0. The maximum Gasteiger partial charge on any atom is 2.00 e. The Hall–Kier alpha value is 2.41. The zero-order valence-electron chi connectivity index (χ0n) is 7.71. The molecule has 0 bridgehead atoms. The third-order valence-corrected chi connectivity index (χ3v) is 0. The van der Waals surface area contributed by atoms with Gasteiger partial charge in [0.2, 0.25) is 0 Å². The molecule has 0 aromatic heterocycles. The number of hydrogen-bond donors (Lipinski definition) is 0. The van der Waals surface area contributed by atoms with Gasteiger partial charge in [-0.15, -0.1) is 0 Å². The first kappa shape index (κ1) is 447. The molecule has 12 heteroatoms. The molecule has 0 aromatic carbocycles. The Labute approximate surface area is 129 Å². The summed E-state index contributed by atoms with van der Waals surface area (Å²) in [7, 11) is 0. The van der Waals surface area contributed by atoms with E-state index >= 15 is 0 Å². The van der Waals surface area contributed by atoms with Gasteiger partial charge in [0.25, 0.3) is 0 Å². The standard InChI is InChI=1S/Al.Mg.8H2O.2Ti.5H/h;;8*1H2;;;;;;;/q;+2;;;;;;;;;;;;;;2*-1. The largest absolute Gasteiger partial charge is 2.00 e. The first-order valence-corrected chi connectivity index (χ1v) is 0. The summed E-state index contributed by atoms with van der Waals surface area (Å²) >= 11 is 0. The van der Waals surface area contributed by atoms with Gasteiger partial charge in [-0.2, -0.15) is 0 Å². The Morgan fingerprint density at radius 1 is 0.417 bits per heavy atom. The molecule has 0 atom stereocenters. The first-order chi connectivity index (χ1) is 0. The zero-order chi connectivity index (χ0) is 0. The van der Waals surface area contributed by atoms with E-state index in [4.69, 9.17) is 0 Å². The van der Waals surface area contributed by atoms with Gasteiger partial charge in [0.1, 0.15) is 0 Å². The van der Waals surface area contributed by atoms with Crippen LogP contribution in [-0.2, 0) is 43.4 Å². The summed E-state index contributed by atoms with van der Waals surface area (Å²) in [5.74, 6) is 0. The smallest absolute Gasteiger partial charge is 1.00 e. The summed E-state index contributed by atoms with van der Waals surface area (Å²) in [6.45, 7) is 0. The van der Waals surface area contributed by atoms with E-state index in [1.807, 2.05) is 0 Å². The molecule has 0 aliphatic carbocycles. The van der Waals surface area contributed by atoms with Gasteiger partial charge < -0.3 is 46.7 Å². The Balaban J connectivity index is 0. The van der Waals surface area contributed by atoms with Crippen LogP contribution < -0.4 is 0 Å². The van der Waals surface area contributed by atoms with Crippen molar-refractivity contribution in [3.8, 4) is 0 Å². The van der Waals surface area contributed by atoms with Crippen LogP contribution in [0.3, 0.4) is 0 Å². The molecule has 0 unspecified atom stereocenters. The fraction of sp³-hybridized carbons (Fsp3) is 0. The first-order valence-electron chi connectivity index (χ1n) is 0. The molecule has 0 radical (unpaired) electrons. The van der Waals surface area contributed by atoms with Gasteiger partial charge in [0, 0.05) is 43.4 Å². The van der Waals surface area contributed by atoms with E-state index in [9.17, 15) is 0 Å². The van der Waals surface area contributed by atoms with Gasteiger partial charge >= 0.3 is 23.1 Å². The molecule has 0 spiro atoms. The third kappa shape index (κ3) is 279. The maximum atomic E-state index is 0. The van der Waals surface area contributed by atoms with Crippen molar-refractivity contribution in [1.29, 1.82) is 0 Å². The summed E-state index contributed by atoms with van der Waals surface area (Å²) in [6, 6.07) is 0. The Kier molecular flexibility index (Phi) is 13300. The molecule has 0 aliphatic heterocycles. The van der Waals surface area contributed by atoms with Crippen LogP contribution in [-0.4, -0.2) is 84.2 Å². The van der Waals surface area contributed by atoms with Gasteiger partial charge in [0.05, 0.1) is 0 Å². The van der Waals surface area contributed by atoms with Crippen molar-refractivity contribution in [2.24, 2.45) is 0 Å². The van der Waals surface area contributed by atoms with E-state index < -0.39 is 0 Å².